The fourth-order valence-electron chi connectivity index (χ4n) is 2.04. The van der Waals surface area contributed by atoms with Crippen LogP contribution in [0.1, 0.15) is 18.9 Å². The van der Waals surface area contributed by atoms with Gasteiger partial charge in [0.25, 0.3) is 0 Å². The van der Waals surface area contributed by atoms with Crippen LogP contribution in [0, 0.1) is 0 Å². The minimum atomic E-state index is 0.178. The molecule has 0 radical (unpaired) electrons. The van der Waals surface area contributed by atoms with Gasteiger partial charge in [0.1, 0.15) is 10.8 Å². The normalized spacial score (nSPS) is 11.4. The van der Waals surface area contributed by atoms with E-state index in [-0.39, 0.29) is 6.10 Å². The van der Waals surface area contributed by atoms with Crippen molar-refractivity contribution >= 4 is 16.3 Å². The molecule has 0 N–H and O–H groups in total. The Morgan fingerprint density at radius 3 is 2.62 bits per heavy atom. The van der Waals surface area contributed by atoms with Crippen molar-refractivity contribution < 1.29 is 9.47 Å². The molecule has 21 heavy (non-hydrogen) atoms. The Bertz CT molecular complexity index is 700. The number of benzene rings is 1. The fourth-order valence-corrected chi connectivity index (χ4v) is 2.89. The first-order valence-electron chi connectivity index (χ1n) is 6.77. The van der Waals surface area contributed by atoms with Gasteiger partial charge in [0.05, 0.1) is 24.6 Å². The Morgan fingerprint density at radius 2 is 2.00 bits per heavy atom. The van der Waals surface area contributed by atoms with Crippen LogP contribution >= 0.6 is 11.3 Å². The molecule has 0 atom stereocenters. The van der Waals surface area contributed by atoms with Crippen molar-refractivity contribution in [3.05, 3.63) is 35.5 Å². The molecular formula is C15H17N3O2S. The number of methoxy groups -OCH3 is 1. The molecule has 0 saturated carbocycles. The molecule has 0 aliphatic rings. The van der Waals surface area contributed by atoms with Crippen molar-refractivity contribution in [1.29, 1.82) is 0 Å². The lowest BCUT2D eigenvalue weighted by Gasteiger charge is -2.09. The van der Waals surface area contributed by atoms with E-state index in [0.717, 1.165) is 27.0 Å². The molecule has 0 aliphatic carbocycles. The maximum Gasteiger partial charge on any atom is 0.212 e. The van der Waals surface area contributed by atoms with Crippen LogP contribution in [0.25, 0.3) is 16.2 Å². The Labute approximate surface area is 127 Å². The molecule has 3 aromatic rings. The summed E-state index contributed by atoms with van der Waals surface area (Å²) in [6, 6.07) is 7.96. The van der Waals surface area contributed by atoms with Gasteiger partial charge in [-0.1, -0.05) is 11.3 Å². The third kappa shape index (κ3) is 3.06. The van der Waals surface area contributed by atoms with E-state index in [9.17, 15) is 0 Å². The SMILES string of the molecule is COCc1nn2cc(-c3ccc(OC(C)C)cc3)nc2s1. The summed E-state index contributed by atoms with van der Waals surface area (Å²) in [5, 5.41) is 5.35. The molecule has 2 aromatic heterocycles. The number of nitrogens with zero attached hydrogens (tertiary/aromatic N) is 3. The van der Waals surface area contributed by atoms with Gasteiger partial charge >= 0.3 is 0 Å². The van der Waals surface area contributed by atoms with Crippen LogP contribution in [-0.4, -0.2) is 27.8 Å². The van der Waals surface area contributed by atoms with Crippen LogP contribution in [-0.2, 0) is 11.3 Å². The lowest BCUT2D eigenvalue weighted by atomic mass is 10.1. The molecule has 0 saturated heterocycles. The molecule has 1 aromatic carbocycles. The van der Waals surface area contributed by atoms with E-state index in [1.807, 2.05) is 44.3 Å². The molecule has 0 amide bonds. The van der Waals surface area contributed by atoms with Crippen LogP contribution < -0.4 is 4.74 Å². The maximum atomic E-state index is 5.64. The second kappa shape index (κ2) is 5.83. The third-order valence-corrected chi connectivity index (χ3v) is 3.77. The van der Waals surface area contributed by atoms with E-state index in [0.29, 0.717) is 6.61 Å². The molecule has 0 bridgehead atoms. The number of rotatable bonds is 5. The molecule has 6 heteroatoms. The highest BCUT2D eigenvalue weighted by atomic mass is 32.1. The highest BCUT2D eigenvalue weighted by Crippen LogP contribution is 2.24. The summed E-state index contributed by atoms with van der Waals surface area (Å²) in [6.07, 6.45) is 2.11. The Kier molecular flexibility index (Phi) is 3.90. The summed E-state index contributed by atoms with van der Waals surface area (Å²) in [6.45, 7) is 4.55. The molecule has 3 rings (SSSR count). The zero-order chi connectivity index (χ0) is 14.8. The van der Waals surface area contributed by atoms with E-state index in [2.05, 4.69) is 10.1 Å². The lowest BCUT2D eigenvalue weighted by Crippen LogP contribution is -2.05. The first-order valence-corrected chi connectivity index (χ1v) is 7.58. The first kappa shape index (κ1) is 14.0. The first-order chi connectivity index (χ1) is 10.2. The number of hydrogen-bond donors (Lipinski definition) is 0. The monoisotopic (exact) mass is 303 g/mol. The van der Waals surface area contributed by atoms with Gasteiger partial charge in [-0.2, -0.15) is 5.10 Å². The van der Waals surface area contributed by atoms with Gasteiger partial charge in [0, 0.05) is 12.7 Å². The van der Waals surface area contributed by atoms with Gasteiger partial charge in [0.15, 0.2) is 0 Å². The molecule has 2 heterocycles. The molecule has 0 aliphatic heterocycles. The zero-order valence-corrected chi connectivity index (χ0v) is 13.1. The van der Waals surface area contributed by atoms with Crippen LogP contribution in [0.3, 0.4) is 0 Å². The van der Waals surface area contributed by atoms with Crippen molar-refractivity contribution in [2.45, 2.75) is 26.6 Å². The molecule has 5 nitrogen and oxygen atoms in total. The van der Waals surface area contributed by atoms with E-state index in [1.54, 1.807) is 11.6 Å². The smallest absolute Gasteiger partial charge is 0.212 e. The van der Waals surface area contributed by atoms with Gasteiger partial charge in [-0.3, -0.25) is 0 Å². The number of imidazole rings is 1. The van der Waals surface area contributed by atoms with Crippen LogP contribution in [0.4, 0.5) is 0 Å². The van der Waals surface area contributed by atoms with Crippen molar-refractivity contribution in [2.75, 3.05) is 7.11 Å². The third-order valence-electron chi connectivity index (χ3n) is 2.87. The minimum absolute atomic E-state index is 0.178. The predicted molar refractivity (Wildman–Crippen MR) is 82.8 cm³/mol. The summed E-state index contributed by atoms with van der Waals surface area (Å²) in [7, 11) is 1.66. The van der Waals surface area contributed by atoms with Crippen molar-refractivity contribution in [3.63, 3.8) is 0 Å². The molecule has 0 spiro atoms. The predicted octanol–water partition coefficient (Wildman–Crippen LogP) is 3.39. The average Bonchev–Trinajstić information content (AvgIpc) is 2.97. The van der Waals surface area contributed by atoms with Crippen molar-refractivity contribution in [3.8, 4) is 17.0 Å². The summed E-state index contributed by atoms with van der Waals surface area (Å²) in [4.78, 5) is 5.47. The van der Waals surface area contributed by atoms with Crippen LogP contribution in [0.5, 0.6) is 5.75 Å². The summed E-state index contributed by atoms with van der Waals surface area (Å²) >= 11 is 1.54. The van der Waals surface area contributed by atoms with Gasteiger partial charge < -0.3 is 9.47 Å². The second-order valence-electron chi connectivity index (χ2n) is 4.97. The average molecular weight is 303 g/mol. The Hall–Kier alpha value is -1.92. The Balaban J connectivity index is 1.84. The highest BCUT2D eigenvalue weighted by molar-refractivity contribution is 7.16. The van der Waals surface area contributed by atoms with E-state index >= 15 is 0 Å². The van der Waals surface area contributed by atoms with Crippen LogP contribution in [0.2, 0.25) is 0 Å². The summed E-state index contributed by atoms with van der Waals surface area (Å²) in [5.74, 6) is 0.871. The van der Waals surface area contributed by atoms with Crippen LogP contribution in [0.15, 0.2) is 30.5 Å². The summed E-state index contributed by atoms with van der Waals surface area (Å²) < 4.78 is 12.5. The van der Waals surface area contributed by atoms with Crippen molar-refractivity contribution in [2.24, 2.45) is 0 Å². The van der Waals surface area contributed by atoms with E-state index in [1.165, 1.54) is 11.3 Å². The number of ether oxygens (including phenoxy) is 2. The van der Waals surface area contributed by atoms with Gasteiger partial charge in [-0.25, -0.2) is 9.50 Å². The number of fused-ring (bicyclic) bond motifs is 1. The Morgan fingerprint density at radius 1 is 1.24 bits per heavy atom. The zero-order valence-electron chi connectivity index (χ0n) is 12.2. The largest absolute Gasteiger partial charge is 0.491 e. The highest BCUT2D eigenvalue weighted by Gasteiger charge is 2.09. The van der Waals surface area contributed by atoms with Gasteiger partial charge in [0.2, 0.25) is 4.96 Å². The molecule has 0 fully saturated rings. The van der Waals surface area contributed by atoms with Crippen molar-refractivity contribution in [1.82, 2.24) is 14.6 Å². The standard InChI is InChI=1S/C15H17N3O2S/c1-10(2)20-12-6-4-11(5-7-12)13-8-18-15(16-13)21-14(17-18)9-19-3/h4-8,10H,9H2,1-3H3. The number of hydrogen-bond acceptors (Lipinski definition) is 5. The topological polar surface area (TPSA) is 48.7 Å². The molecular weight excluding hydrogens is 286 g/mol. The van der Waals surface area contributed by atoms with E-state index < -0.39 is 0 Å². The molecule has 110 valence electrons. The fraction of sp³-hybridized carbons (Fsp3) is 0.333. The number of aromatic nitrogens is 3. The maximum absolute atomic E-state index is 5.64. The molecule has 0 unspecified atom stereocenters. The summed E-state index contributed by atoms with van der Waals surface area (Å²) in [5.41, 5.74) is 1.96. The minimum Gasteiger partial charge on any atom is -0.491 e. The van der Waals surface area contributed by atoms with E-state index in [4.69, 9.17) is 9.47 Å². The quantitative estimate of drug-likeness (QED) is 0.725. The van der Waals surface area contributed by atoms with Gasteiger partial charge in [-0.15, -0.1) is 0 Å². The van der Waals surface area contributed by atoms with Gasteiger partial charge in [-0.05, 0) is 38.1 Å². The lowest BCUT2D eigenvalue weighted by molar-refractivity contribution is 0.183. The second-order valence-corrected chi connectivity index (χ2v) is 6.01.